The zero-order chi connectivity index (χ0) is 12.5. The Morgan fingerprint density at radius 2 is 1.88 bits per heavy atom. The minimum atomic E-state index is -0.579. The number of aliphatic hydroxyl groups is 1. The monoisotopic (exact) mass is 236 g/mol. The third-order valence-electron chi connectivity index (χ3n) is 3.07. The predicted octanol–water partition coefficient (Wildman–Crippen LogP) is 2.82. The Labute approximate surface area is 102 Å². The van der Waals surface area contributed by atoms with Crippen LogP contribution in [-0.4, -0.2) is 17.5 Å². The summed E-state index contributed by atoms with van der Waals surface area (Å²) in [7, 11) is 0. The summed E-state index contributed by atoms with van der Waals surface area (Å²) >= 11 is 0. The van der Waals surface area contributed by atoms with Gasteiger partial charge in [-0.25, -0.2) is 0 Å². The van der Waals surface area contributed by atoms with Gasteiger partial charge in [-0.05, 0) is 63.3 Å². The lowest BCUT2D eigenvalue weighted by atomic mass is 9.97. The number of hydrogen-bond donors (Lipinski definition) is 1. The van der Waals surface area contributed by atoms with E-state index >= 15 is 0 Å². The van der Waals surface area contributed by atoms with Crippen LogP contribution in [0.4, 0.5) is 0 Å². The first-order chi connectivity index (χ1) is 7.96. The minimum absolute atomic E-state index is 0.321. The van der Waals surface area contributed by atoms with Gasteiger partial charge < -0.3 is 14.6 Å². The maximum atomic E-state index is 9.68. The van der Waals surface area contributed by atoms with Crippen LogP contribution in [0.15, 0.2) is 12.1 Å². The predicted molar refractivity (Wildman–Crippen MR) is 66.5 cm³/mol. The first-order valence-corrected chi connectivity index (χ1v) is 6.07. The summed E-state index contributed by atoms with van der Waals surface area (Å²) in [6, 6.07) is 4.09. The SMILES string of the molecule is Cc1cc2c(cc1CCCC(C)(C)O)OCO2. The van der Waals surface area contributed by atoms with Gasteiger partial charge in [0.2, 0.25) is 6.79 Å². The van der Waals surface area contributed by atoms with Gasteiger partial charge in [0, 0.05) is 0 Å². The molecule has 0 aliphatic carbocycles. The summed E-state index contributed by atoms with van der Waals surface area (Å²) in [4.78, 5) is 0. The molecule has 0 radical (unpaired) electrons. The van der Waals surface area contributed by atoms with E-state index < -0.39 is 5.60 Å². The Balaban J connectivity index is 2.02. The molecule has 0 unspecified atom stereocenters. The molecule has 0 fully saturated rings. The van der Waals surface area contributed by atoms with Gasteiger partial charge in [0.1, 0.15) is 0 Å². The van der Waals surface area contributed by atoms with E-state index in [0.29, 0.717) is 6.79 Å². The van der Waals surface area contributed by atoms with Crippen LogP contribution < -0.4 is 9.47 Å². The molecule has 3 heteroatoms. The third kappa shape index (κ3) is 3.13. The number of ether oxygens (including phenoxy) is 2. The van der Waals surface area contributed by atoms with E-state index in [1.165, 1.54) is 11.1 Å². The summed E-state index contributed by atoms with van der Waals surface area (Å²) in [5.41, 5.74) is 1.92. The highest BCUT2D eigenvalue weighted by atomic mass is 16.7. The quantitative estimate of drug-likeness (QED) is 0.873. The lowest BCUT2D eigenvalue weighted by Crippen LogP contribution is -2.18. The van der Waals surface area contributed by atoms with Crippen molar-refractivity contribution in [3.63, 3.8) is 0 Å². The van der Waals surface area contributed by atoms with Crippen molar-refractivity contribution >= 4 is 0 Å². The maximum absolute atomic E-state index is 9.68. The molecule has 0 aromatic heterocycles. The summed E-state index contributed by atoms with van der Waals surface area (Å²) in [6.45, 7) is 6.10. The second-order valence-corrected chi connectivity index (χ2v) is 5.30. The summed E-state index contributed by atoms with van der Waals surface area (Å²) < 4.78 is 10.7. The Hall–Kier alpha value is -1.22. The van der Waals surface area contributed by atoms with Crippen LogP contribution in [0.2, 0.25) is 0 Å². The minimum Gasteiger partial charge on any atom is -0.454 e. The highest BCUT2D eigenvalue weighted by molar-refractivity contribution is 5.48. The molecular weight excluding hydrogens is 216 g/mol. The standard InChI is InChI=1S/C14H20O3/c1-10-7-12-13(17-9-16-12)8-11(10)5-4-6-14(2,3)15/h7-8,15H,4-6,9H2,1-3H3. The zero-order valence-electron chi connectivity index (χ0n) is 10.7. The molecule has 1 aromatic carbocycles. The fourth-order valence-electron chi connectivity index (χ4n) is 2.07. The molecule has 1 N–H and O–H groups in total. The Bertz CT molecular complexity index is 405. The van der Waals surface area contributed by atoms with Crippen LogP contribution in [0.5, 0.6) is 11.5 Å². The second kappa shape index (κ2) is 4.57. The van der Waals surface area contributed by atoms with Crippen molar-refractivity contribution in [1.82, 2.24) is 0 Å². The number of hydrogen-bond acceptors (Lipinski definition) is 3. The molecule has 1 aliphatic heterocycles. The molecule has 0 spiro atoms. The summed E-state index contributed by atoms with van der Waals surface area (Å²) in [6.07, 6.45) is 2.75. The van der Waals surface area contributed by atoms with Crippen molar-refractivity contribution in [2.75, 3.05) is 6.79 Å². The summed E-state index contributed by atoms with van der Waals surface area (Å²) in [5.74, 6) is 1.68. The molecule has 0 amide bonds. The number of aryl methyl sites for hydroxylation is 2. The van der Waals surface area contributed by atoms with Crippen LogP contribution in [0.1, 0.15) is 37.8 Å². The first-order valence-electron chi connectivity index (χ1n) is 6.07. The van der Waals surface area contributed by atoms with Crippen molar-refractivity contribution in [2.24, 2.45) is 0 Å². The highest BCUT2D eigenvalue weighted by Crippen LogP contribution is 2.35. The van der Waals surface area contributed by atoms with E-state index in [0.717, 1.165) is 30.8 Å². The van der Waals surface area contributed by atoms with Crippen LogP contribution >= 0.6 is 0 Å². The van der Waals surface area contributed by atoms with Gasteiger partial charge in [0.15, 0.2) is 11.5 Å². The van der Waals surface area contributed by atoms with Gasteiger partial charge in [-0.1, -0.05) is 0 Å². The lowest BCUT2D eigenvalue weighted by Gasteiger charge is -2.17. The lowest BCUT2D eigenvalue weighted by molar-refractivity contribution is 0.0689. The normalized spacial score (nSPS) is 14.1. The average molecular weight is 236 g/mol. The third-order valence-corrected chi connectivity index (χ3v) is 3.07. The van der Waals surface area contributed by atoms with Crippen LogP contribution in [0.3, 0.4) is 0 Å². The maximum Gasteiger partial charge on any atom is 0.231 e. The van der Waals surface area contributed by atoms with Crippen LogP contribution in [0, 0.1) is 6.92 Å². The van der Waals surface area contributed by atoms with Gasteiger partial charge in [0.05, 0.1) is 5.60 Å². The molecule has 0 saturated carbocycles. The Morgan fingerprint density at radius 1 is 1.24 bits per heavy atom. The molecule has 0 bridgehead atoms. The molecule has 94 valence electrons. The molecule has 3 nitrogen and oxygen atoms in total. The molecule has 17 heavy (non-hydrogen) atoms. The van der Waals surface area contributed by atoms with Crippen molar-refractivity contribution < 1.29 is 14.6 Å². The van der Waals surface area contributed by atoms with Gasteiger partial charge in [-0.3, -0.25) is 0 Å². The first kappa shape index (κ1) is 12.2. The highest BCUT2D eigenvalue weighted by Gasteiger charge is 2.16. The van der Waals surface area contributed by atoms with Crippen LogP contribution in [0.25, 0.3) is 0 Å². The topological polar surface area (TPSA) is 38.7 Å². The van der Waals surface area contributed by atoms with Crippen molar-refractivity contribution in [2.45, 2.75) is 45.6 Å². The van der Waals surface area contributed by atoms with E-state index in [1.54, 1.807) is 0 Å². The number of benzene rings is 1. The second-order valence-electron chi connectivity index (χ2n) is 5.30. The van der Waals surface area contributed by atoms with E-state index in [9.17, 15) is 5.11 Å². The fourth-order valence-corrected chi connectivity index (χ4v) is 2.07. The van der Waals surface area contributed by atoms with Crippen LogP contribution in [-0.2, 0) is 6.42 Å². The Kier molecular flexibility index (Phi) is 3.29. The average Bonchev–Trinajstić information content (AvgIpc) is 2.63. The van der Waals surface area contributed by atoms with Gasteiger partial charge in [-0.2, -0.15) is 0 Å². The molecular formula is C14H20O3. The molecule has 1 aliphatic rings. The summed E-state index contributed by atoms with van der Waals surface area (Å²) in [5, 5.41) is 9.68. The molecule has 2 rings (SSSR count). The van der Waals surface area contributed by atoms with Crippen molar-refractivity contribution in [3.05, 3.63) is 23.3 Å². The molecule has 0 saturated heterocycles. The number of rotatable bonds is 4. The molecule has 1 heterocycles. The molecule has 0 atom stereocenters. The van der Waals surface area contributed by atoms with Crippen molar-refractivity contribution in [1.29, 1.82) is 0 Å². The Morgan fingerprint density at radius 3 is 2.53 bits per heavy atom. The number of fused-ring (bicyclic) bond motifs is 1. The van der Waals surface area contributed by atoms with E-state index in [2.05, 4.69) is 13.0 Å². The zero-order valence-corrected chi connectivity index (χ0v) is 10.7. The van der Waals surface area contributed by atoms with E-state index in [1.807, 2.05) is 19.9 Å². The largest absolute Gasteiger partial charge is 0.454 e. The fraction of sp³-hybridized carbons (Fsp3) is 0.571. The van der Waals surface area contributed by atoms with E-state index in [-0.39, 0.29) is 0 Å². The van der Waals surface area contributed by atoms with Gasteiger partial charge in [0.25, 0.3) is 0 Å². The van der Waals surface area contributed by atoms with E-state index in [4.69, 9.17) is 9.47 Å². The molecule has 1 aromatic rings. The smallest absolute Gasteiger partial charge is 0.231 e. The van der Waals surface area contributed by atoms with Crippen molar-refractivity contribution in [3.8, 4) is 11.5 Å². The van der Waals surface area contributed by atoms with Gasteiger partial charge in [-0.15, -0.1) is 0 Å². The van der Waals surface area contributed by atoms with Gasteiger partial charge >= 0.3 is 0 Å².